The van der Waals surface area contributed by atoms with Gasteiger partial charge in [0.15, 0.2) is 0 Å². The third-order valence-electron chi connectivity index (χ3n) is 3.89. The lowest BCUT2D eigenvalue weighted by atomic mass is 10.2. The van der Waals surface area contributed by atoms with Crippen LogP contribution in [0.5, 0.6) is 5.75 Å². The molecule has 150 valence electrons. The molecule has 3 rings (SSSR count). The van der Waals surface area contributed by atoms with E-state index in [4.69, 9.17) is 21.5 Å². The summed E-state index contributed by atoms with van der Waals surface area (Å²) < 4.78 is 28.2. The zero-order valence-electron chi connectivity index (χ0n) is 15.3. The molecule has 0 spiro atoms. The molecule has 3 aromatic rings. The summed E-state index contributed by atoms with van der Waals surface area (Å²) >= 11 is 7.54. The number of hydrogen-bond acceptors (Lipinski definition) is 5. The Labute approximate surface area is 177 Å². The second kappa shape index (κ2) is 8.79. The van der Waals surface area contributed by atoms with Gasteiger partial charge >= 0.3 is 0 Å². The van der Waals surface area contributed by atoms with E-state index in [2.05, 4.69) is 5.32 Å². The number of amides is 1. The number of rotatable bonds is 6. The van der Waals surface area contributed by atoms with Crippen LogP contribution >= 0.6 is 22.9 Å². The summed E-state index contributed by atoms with van der Waals surface area (Å²) in [5.41, 5.74) is 1.20. The Morgan fingerprint density at radius 2 is 1.97 bits per heavy atom. The second-order valence-corrected chi connectivity index (χ2v) is 9.06. The Morgan fingerprint density at radius 1 is 1.17 bits per heavy atom. The largest absolute Gasteiger partial charge is 0.495 e. The molecule has 1 aromatic heterocycles. The van der Waals surface area contributed by atoms with Crippen LogP contribution in [-0.2, 0) is 14.8 Å². The number of halogens is 1. The molecular formula is C20H17ClN2O4S2. The van der Waals surface area contributed by atoms with Crippen molar-refractivity contribution in [1.82, 2.24) is 0 Å². The first kappa shape index (κ1) is 21.1. The van der Waals surface area contributed by atoms with Crippen molar-refractivity contribution in [3.63, 3.8) is 0 Å². The summed E-state index contributed by atoms with van der Waals surface area (Å²) in [5.74, 6) is -0.119. The molecule has 0 aliphatic carbocycles. The van der Waals surface area contributed by atoms with Gasteiger partial charge in [0.2, 0.25) is 15.9 Å². The van der Waals surface area contributed by atoms with Crippen molar-refractivity contribution >= 4 is 50.6 Å². The maximum atomic E-state index is 12.3. The molecule has 0 unspecified atom stereocenters. The number of carbonyl (C=O) groups excluding carboxylic acids is 1. The molecule has 2 aromatic carbocycles. The minimum atomic E-state index is -3.90. The quantitative estimate of drug-likeness (QED) is 0.547. The Hall–Kier alpha value is -2.65. The standard InChI is InChI=1S/C20H17ClN2O4S2/c1-27-18-8-7-16(29(22,25)26)12-17(18)23-20(24)10-6-15-5-9-19(28-15)13-3-2-4-14(21)11-13/h2-12H,1H3,(H,23,24)(H2,22,25,26)/b10-6+. The second-order valence-electron chi connectivity index (χ2n) is 5.94. The summed E-state index contributed by atoms with van der Waals surface area (Å²) in [5, 5.41) is 8.40. The fraction of sp³-hybridized carbons (Fsp3) is 0.0500. The number of primary sulfonamides is 1. The Kier molecular flexibility index (Phi) is 6.39. The van der Waals surface area contributed by atoms with E-state index in [9.17, 15) is 13.2 Å². The van der Waals surface area contributed by atoms with Crippen molar-refractivity contribution in [1.29, 1.82) is 0 Å². The Bertz CT molecular complexity index is 1190. The maximum absolute atomic E-state index is 12.3. The molecule has 0 atom stereocenters. The van der Waals surface area contributed by atoms with Gasteiger partial charge in [-0.2, -0.15) is 0 Å². The lowest BCUT2D eigenvalue weighted by Crippen LogP contribution is -2.14. The van der Waals surface area contributed by atoms with Crippen LogP contribution in [0.4, 0.5) is 5.69 Å². The van der Waals surface area contributed by atoms with Crippen molar-refractivity contribution in [2.75, 3.05) is 12.4 Å². The van der Waals surface area contributed by atoms with Gasteiger partial charge in [-0.3, -0.25) is 4.79 Å². The Morgan fingerprint density at radius 3 is 2.66 bits per heavy atom. The fourth-order valence-electron chi connectivity index (χ4n) is 2.53. The van der Waals surface area contributed by atoms with E-state index in [1.54, 1.807) is 6.08 Å². The van der Waals surface area contributed by atoms with Gasteiger partial charge in [0.05, 0.1) is 17.7 Å². The zero-order chi connectivity index (χ0) is 21.0. The monoisotopic (exact) mass is 448 g/mol. The van der Waals surface area contributed by atoms with Crippen LogP contribution < -0.4 is 15.2 Å². The number of hydrogen-bond donors (Lipinski definition) is 2. The van der Waals surface area contributed by atoms with Crippen molar-refractivity contribution in [2.24, 2.45) is 5.14 Å². The van der Waals surface area contributed by atoms with Crippen molar-refractivity contribution < 1.29 is 17.9 Å². The van der Waals surface area contributed by atoms with Gasteiger partial charge in [0.25, 0.3) is 0 Å². The van der Waals surface area contributed by atoms with Crippen LogP contribution in [0.15, 0.2) is 65.6 Å². The van der Waals surface area contributed by atoms with Gasteiger partial charge < -0.3 is 10.1 Å². The van der Waals surface area contributed by atoms with Crippen molar-refractivity contribution in [3.05, 3.63) is 70.6 Å². The smallest absolute Gasteiger partial charge is 0.248 e. The molecule has 0 bridgehead atoms. The highest BCUT2D eigenvalue weighted by molar-refractivity contribution is 7.89. The first-order valence-corrected chi connectivity index (χ1v) is 11.1. The number of ether oxygens (including phenoxy) is 1. The molecule has 0 saturated heterocycles. The number of thiophene rings is 1. The topological polar surface area (TPSA) is 98.5 Å². The molecule has 0 fully saturated rings. The number of benzene rings is 2. The van der Waals surface area contributed by atoms with E-state index in [1.807, 2.05) is 36.4 Å². The molecule has 29 heavy (non-hydrogen) atoms. The van der Waals surface area contributed by atoms with Crippen LogP contribution in [0.3, 0.4) is 0 Å². The predicted octanol–water partition coefficient (Wildman–Crippen LogP) is 4.38. The minimum Gasteiger partial charge on any atom is -0.495 e. The lowest BCUT2D eigenvalue weighted by Gasteiger charge is -2.10. The minimum absolute atomic E-state index is 0.123. The molecule has 0 aliphatic heterocycles. The van der Waals surface area contributed by atoms with Gasteiger partial charge in [-0.15, -0.1) is 11.3 Å². The molecule has 3 N–H and O–H groups in total. The van der Waals surface area contributed by atoms with E-state index in [0.29, 0.717) is 10.8 Å². The van der Waals surface area contributed by atoms with E-state index >= 15 is 0 Å². The molecule has 0 radical (unpaired) electrons. The van der Waals surface area contributed by atoms with E-state index in [1.165, 1.54) is 42.7 Å². The van der Waals surface area contributed by atoms with E-state index in [-0.39, 0.29) is 10.6 Å². The molecule has 1 amide bonds. The van der Waals surface area contributed by atoms with Crippen LogP contribution in [0, 0.1) is 0 Å². The number of nitrogens with two attached hydrogens (primary N) is 1. The molecule has 1 heterocycles. The van der Waals surface area contributed by atoms with Crippen LogP contribution in [0.25, 0.3) is 16.5 Å². The molecule has 0 aliphatic rings. The summed E-state index contributed by atoms with van der Waals surface area (Å²) in [7, 11) is -2.48. The number of methoxy groups -OCH3 is 1. The van der Waals surface area contributed by atoms with Crippen LogP contribution in [-0.4, -0.2) is 21.4 Å². The summed E-state index contributed by atoms with van der Waals surface area (Å²) in [6.45, 7) is 0. The number of nitrogens with one attached hydrogen (secondary N) is 1. The predicted molar refractivity (Wildman–Crippen MR) is 117 cm³/mol. The molecule has 6 nitrogen and oxygen atoms in total. The fourth-order valence-corrected chi connectivity index (χ4v) is 4.17. The van der Waals surface area contributed by atoms with Crippen LogP contribution in [0.1, 0.15) is 4.88 Å². The summed E-state index contributed by atoms with van der Waals surface area (Å²) in [4.78, 5) is 14.1. The summed E-state index contributed by atoms with van der Waals surface area (Å²) in [6, 6.07) is 15.4. The molecule has 0 saturated carbocycles. The summed E-state index contributed by atoms with van der Waals surface area (Å²) in [6.07, 6.45) is 3.03. The van der Waals surface area contributed by atoms with Gasteiger partial charge in [-0.25, -0.2) is 13.6 Å². The highest BCUT2D eigenvalue weighted by atomic mass is 35.5. The average molecular weight is 449 g/mol. The average Bonchev–Trinajstić information content (AvgIpc) is 3.15. The van der Waals surface area contributed by atoms with E-state index < -0.39 is 15.9 Å². The van der Waals surface area contributed by atoms with Crippen LogP contribution in [0.2, 0.25) is 5.02 Å². The number of carbonyl (C=O) groups is 1. The zero-order valence-corrected chi connectivity index (χ0v) is 17.6. The Balaban J connectivity index is 1.75. The van der Waals surface area contributed by atoms with Gasteiger partial charge in [-0.1, -0.05) is 23.7 Å². The highest BCUT2D eigenvalue weighted by Gasteiger charge is 2.13. The normalized spacial score (nSPS) is 11.6. The van der Waals surface area contributed by atoms with Gasteiger partial charge in [0.1, 0.15) is 5.75 Å². The lowest BCUT2D eigenvalue weighted by molar-refractivity contribution is -0.111. The first-order chi connectivity index (χ1) is 13.8. The maximum Gasteiger partial charge on any atom is 0.248 e. The van der Waals surface area contributed by atoms with Crippen molar-refractivity contribution in [2.45, 2.75) is 4.90 Å². The number of sulfonamides is 1. The third-order valence-corrected chi connectivity index (χ3v) is 6.14. The molecular weight excluding hydrogens is 432 g/mol. The first-order valence-electron chi connectivity index (χ1n) is 8.32. The van der Waals surface area contributed by atoms with Gasteiger partial charge in [-0.05, 0) is 54.1 Å². The third kappa shape index (κ3) is 5.45. The van der Waals surface area contributed by atoms with E-state index in [0.717, 1.165) is 15.3 Å². The number of anilines is 1. The van der Waals surface area contributed by atoms with Gasteiger partial charge in [0, 0.05) is 20.9 Å². The highest BCUT2D eigenvalue weighted by Crippen LogP contribution is 2.31. The van der Waals surface area contributed by atoms with Crippen molar-refractivity contribution in [3.8, 4) is 16.2 Å². The molecule has 9 heteroatoms. The SMILES string of the molecule is COc1ccc(S(N)(=O)=O)cc1NC(=O)/C=C/c1ccc(-c2cccc(Cl)c2)s1.